The molecule has 1 rings (SSSR count). The first-order valence-corrected chi connectivity index (χ1v) is 6.15. The Morgan fingerprint density at radius 1 is 1.42 bits per heavy atom. The van der Waals surface area contributed by atoms with Crippen molar-refractivity contribution >= 4 is 17.3 Å². The number of carbonyl (C=O) groups is 1. The van der Waals surface area contributed by atoms with Crippen LogP contribution in [0.4, 0.5) is 11.4 Å². The Morgan fingerprint density at radius 3 is 2.58 bits per heavy atom. The van der Waals surface area contributed by atoms with Crippen LogP contribution in [-0.4, -0.2) is 39.3 Å². The molecule has 1 aromatic rings. The molecule has 3 N–H and O–H groups in total. The molecule has 0 unspecified atom stereocenters. The zero-order valence-electron chi connectivity index (χ0n) is 12.3. The van der Waals surface area contributed by atoms with Crippen LogP contribution in [-0.2, 0) is 4.74 Å². The molecule has 0 heterocycles. The minimum Gasteiger partial charge on any atom is -0.399 e. The molecule has 0 aliphatic rings. The lowest BCUT2D eigenvalue weighted by atomic mass is 10.0. The van der Waals surface area contributed by atoms with Gasteiger partial charge in [-0.25, -0.2) is 0 Å². The van der Waals surface area contributed by atoms with Gasteiger partial charge in [-0.15, -0.1) is 0 Å². The van der Waals surface area contributed by atoms with Crippen molar-refractivity contribution in [3.63, 3.8) is 0 Å². The summed E-state index contributed by atoms with van der Waals surface area (Å²) in [4.78, 5) is 14.3. The van der Waals surface area contributed by atoms with E-state index in [9.17, 15) is 4.79 Å². The Balaban J connectivity index is 3.02. The normalized spacial score (nSPS) is 11.2. The van der Waals surface area contributed by atoms with Gasteiger partial charge in [-0.2, -0.15) is 0 Å². The maximum atomic E-state index is 12.4. The van der Waals surface area contributed by atoms with Crippen LogP contribution in [0.5, 0.6) is 0 Å². The Hall–Kier alpha value is -1.75. The van der Waals surface area contributed by atoms with Gasteiger partial charge in [0.2, 0.25) is 0 Å². The van der Waals surface area contributed by atoms with E-state index in [2.05, 4.69) is 5.32 Å². The molecule has 5 nitrogen and oxygen atoms in total. The minimum atomic E-state index is -0.431. The number of rotatable bonds is 5. The van der Waals surface area contributed by atoms with E-state index in [0.717, 1.165) is 5.69 Å². The van der Waals surface area contributed by atoms with Crippen LogP contribution in [0.15, 0.2) is 18.2 Å². The van der Waals surface area contributed by atoms with Gasteiger partial charge in [0.1, 0.15) is 0 Å². The first-order valence-electron chi connectivity index (χ1n) is 6.15. The average molecular weight is 265 g/mol. The number of nitrogens with zero attached hydrogens (tertiary/aromatic N) is 1. The maximum absolute atomic E-state index is 12.4. The Bertz CT molecular complexity index is 456. The summed E-state index contributed by atoms with van der Waals surface area (Å²) in [5, 5.41) is 2.95. The second kappa shape index (κ2) is 5.93. The summed E-state index contributed by atoms with van der Waals surface area (Å²) in [6, 6.07) is 5.31. The van der Waals surface area contributed by atoms with Gasteiger partial charge in [0.25, 0.3) is 5.91 Å². The lowest BCUT2D eigenvalue weighted by molar-refractivity contribution is 0.0820. The molecule has 0 saturated heterocycles. The number of nitrogens with two attached hydrogens (primary N) is 1. The van der Waals surface area contributed by atoms with Gasteiger partial charge in [0.15, 0.2) is 0 Å². The van der Waals surface area contributed by atoms with E-state index in [4.69, 9.17) is 10.5 Å². The van der Waals surface area contributed by atoms with Crippen molar-refractivity contribution < 1.29 is 9.53 Å². The molecular weight excluding hydrogens is 242 g/mol. The predicted molar refractivity (Wildman–Crippen MR) is 78.6 cm³/mol. The van der Waals surface area contributed by atoms with Crippen LogP contribution in [0.2, 0.25) is 0 Å². The van der Waals surface area contributed by atoms with Crippen molar-refractivity contribution in [1.82, 2.24) is 5.32 Å². The molecule has 0 saturated carbocycles. The molecule has 19 heavy (non-hydrogen) atoms. The van der Waals surface area contributed by atoms with Gasteiger partial charge < -0.3 is 20.7 Å². The van der Waals surface area contributed by atoms with E-state index < -0.39 is 5.54 Å². The number of hydrogen-bond donors (Lipinski definition) is 2. The fraction of sp³-hybridized carbons (Fsp3) is 0.500. The van der Waals surface area contributed by atoms with E-state index in [1.54, 1.807) is 19.2 Å². The summed E-state index contributed by atoms with van der Waals surface area (Å²) in [6.07, 6.45) is 0. The summed E-state index contributed by atoms with van der Waals surface area (Å²) in [5.41, 5.74) is 7.30. The zero-order chi connectivity index (χ0) is 14.6. The summed E-state index contributed by atoms with van der Waals surface area (Å²) in [5.74, 6) is -0.155. The first-order chi connectivity index (χ1) is 8.76. The highest BCUT2D eigenvalue weighted by Gasteiger charge is 2.23. The van der Waals surface area contributed by atoms with Crippen molar-refractivity contribution in [1.29, 1.82) is 0 Å². The second-order valence-corrected chi connectivity index (χ2v) is 5.44. The number of nitrogen functional groups attached to an aromatic ring is 1. The van der Waals surface area contributed by atoms with Crippen LogP contribution in [0.1, 0.15) is 24.2 Å². The highest BCUT2D eigenvalue weighted by atomic mass is 16.5. The van der Waals surface area contributed by atoms with Gasteiger partial charge >= 0.3 is 0 Å². The van der Waals surface area contributed by atoms with Crippen LogP contribution < -0.4 is 16.0 Å². The largest absolute Gasteiger partial charge is 0.399 e. The van der Waals surface area contributed by atoms with Crippen LogP contribution in [0.3, 0.4) is 0 Å². The number of carbonyl (C=O) groups excluding carboxylic acids is 1. The summed E-state index contributed by atoms with van der Waals surface area (Å²) < 4.78 is 5.09. The second-order valence-electron chi connectivity index (χ2n) is 5.44. The van der Waals surface area contributed by atoms with E-state index in [0.29, 0.717) is 17.9 Å². The number of anilines is 2. The SMILES string of the molecule is COCC(C)(C)NC(=O)c1cc(N)ccc1N(C)C. The Morgan fingerprint density at radius 2 is 2.05 bits per heavy atom. The molecule has 0 radical (unpaired) electrons. The number of hydrogen-bond acceptors (Lipinski definition) is 4. The molecule has 0 aliphatic heterocycles. The molecule has 0 aliphatic carbocycles. The first kappa shape index (κ1) is 15.3. The zero-order valence-corrected chi connectivity index (χ0v) is 12.3. The highest BCUT2D eigenvalue weighted by Crippen LogP contribution is 2.22. The number of ether oxygens (including phenoxy) is 1. The fourth-order valence-corrected chi connectivity index (χ4v) is 1.90. The maximum Gasteiger partial charge on any atom is 0.253 e. The van der Waals surface area contributed by atoms with Gasteiger partial charge in [0.05, 0.1) is 17.7 Å². The van der Waals surface area contributed by atoms with Crippen molar-refractivity contribution in [2.75, 3.05) is 38.4 Å². The van der Waals surface area contributed by atoms with Crippen molar-refractivity contribution in [3.05, 3.63) is 23.8 Å². The third-order valence-corrected chi connectivity index (χ3v) is 2.70. The van der Waals surface area contributed by atoms with Crippen molar-refractivity contribution in [3.8, 4) is 0 Å². The number of methoxy groups -OCH3 is 1. The quantitative estimate of drug-likeness (QED) is 0.792. The Labute approximate surface area is 114 Å². The monoisotopic (exact) mass is 265 g/mol. The minimum absolute atomic E-state index is 0.155. The van der Waals surface area contributed by atoms with E-state index in [1.807, 2.05) is 38.9 Å². The van der Waals surface area contributed by atoms with Gasteiger partial charge in [0, 0.05) is 32.6 Å². The Kier molecular flexibility index (Phi) is 4.78. The molecular formula is C14H23N3O2. The molecule has 1 amide bonds. The molecule has 0 aromatic heterocycles. The highest BCUT2D eigenvalue weighted by molar-refractivity contribution is 6.01. The smallest absolute Gasteiger partial charge is 0.253 e. The van der Waals surface area contributed by atoms with Crippen molar-refractivity contribution in [2.24, 2.45) is 0 Å². The van der Waals surface area contributed by atoms with Gasteiger partial charge in [-0.05, 0) is 32.0 Å². The molecule has 0 atom stereocenters. The van der Waals surface area contributed by atoms with Crippen molar-refractivity contribution in [2.45, 2.75) is 19.4 Å². The van der Waals surface area contributed by atoms with Crippen LogP contribution >= 0.6 is 0 Å². The molecule has 106 valence electrons. The summed E-state index contributed by atoms with van der Waals surface area (Å²) in [7, 11) is 5.39. The lowest BCUT2D eigenvalue weighted by Crippen LogP contribution is -2.47. The van der Waals surface area contributed by atoms with Gasteiger partial charge in [-0.3, -0.25) is 4.79 Å². The molecule has 1 aromatic carbocycles. The van der Waals surface area contributed by atoms with Crippen LogP contribution in [0.25, 0.3) is 0 Å². The lowest BCUT2D eigenvalue weighted by Gasteiger charge is -2.26. The number of amides is 1. The number of nitrogens with one attached hydrogen (secondary N) is 1. The summed E-state index contributed by atoms with van der Waals surface area (Å²) in [6.45, 7) is 4.27. The van der Waals surface area contributed by atoms with E-state index >= 15 is 0 Å². The molecule has 0 fully saturated rings. The average Bonchev–Trinajstić information content (AvgIpc) is 2.27. The molecule has 0 bridgehead atoms. The number of benzene rings is 1. The van der Waals surface area contributed by atoms with Crippen LogP contribution in [0, 0.1) is 0 Å². The third kappa shape index (κ3) is 4.13. The fourth-order valence-electron chi connectivity index (χ4n) is 1.90. The van der Waals surface area contributed by atoms with E-state index in [1.165, 1.54) is 0 Å². The molecule has 5 heteroatoms. The standard InChI is InChI=1S/C14H23N3O2/c1-14(2,9-19-5)16-13(18)11-8-10(15)6-7-12(11)17(3)4/h6-8H,9,15H2,1-5H3,(H,16,18). The topological polar surface area (TPSA) is 67.6 Å². The summed E-state index contributed by atoms with van der Waals surface area (Å²) >= 11 is 0. The van der Waals surface area contributed by atoms with E-state index in [-0.39, 0.29) is 5.91 Å². The molecule has 0 spiro atoms. The predicted octanol–water partition coefficient (Wildman–Crippen LogP) is 1.49. The van der Waals surface area contributed by atoms with Gasteiger partial charge in [-0.1, -0.05) is 0 Å². The third-order valence-electron chi connectivity index (χ3n) is 2.70.